The highest BCUT2D eigenvalue weighted by Gasteiger charge is 2.16. The van der Waals surface area contributed by atoms with Crippen LogP contribution in [0.3, 0.4) is 0 Å². The molecule has 6 heteroatoms. The van der Waals surface area contributed by atoms with E-state index in [1.807, 2.05) is 22.9 Å². The third kappa shape index (κ3) is 5.61. The van der Waals surface area contributed by atoms with Crippen molar-refractivity contribution in [3.8, 4) is 0 Å². The molecule has 0 aliphatic carbocycles. The number of hydrogen-bond donors (Lipinski definition) is 1. The smallest absolute Gasteiger partial charge is 0.223 e. The molecule has 0 aromatic heterocycles. The summed E-state index contributed by atoms with van der Waals surface area (Å²) in [6.45, 7) is 4.50. The molecule has 0 radical (unpaired) electrons. The first kappa shape index (κ1) is 17.9. The van der Waals surface area contributed by atoms with Crippen LogP contribution in [0.2, 0.25) is 0 Å². The number of carbonyl (C=O) groups excluding carboxylic acids is 1. The van der Waals surface area contributed by atoms with Crippen LogP contribution in [-0.2, 0) is 11.3 Å². The lowest BCUT2D eigenvalue weighted by Gasteiger charge is -2.28. The van der Waals surface area contributed by atoms with Gasteiger partial charge in [0.15, 0.2) is 0 Å². The summed E-state index contributed by atoms with van der Waals surface area (Å²) in [6.07, 6.45) is 0.491. The molecular formula is C15H23ClFN3O. The van der Waals surface area contributed by atoms with Crippen LogP contribution < -0.4 is 5.32 Å². The van der Waals surface area contributed by atoms with E-state index in [0.29, 0.717) is 25.1 Å². The molecule has 4 nitrogen and oxygen atoms in total. The topological polar surface area (TPSA) is 35.6 Å². The summed E-state index contributed by atoms with van der Waals surface area (Å²) in [5, 5.41) is 3.23. The van der Waals surface area contributed by atoms with Gasteiger partial charge in [-0.1, -0.05) is 18.2 Å². The molecule has 0 bridgehead atoms. The Balaban J connectivity index is 0.00000220. The molecule has 118 valence electrons. The quantitative estimate of drug-likeness (QED) is 0.894. The zero-order valence-corrected chi connectivity index (χ0v) is 13.2. The molecular weight excluding hydrogens is 293 g/mol. The average Bonchev–Trinajstić information content (AvgIpc) is 2.48. The van der Waals surface area contributed by atoms with Crippen molar-refractivity contribution in [2.75, 3.05) is 39.8 Å². The molecule has 1 aliphatic heterocycles. The van der Waals surface area contributed by atoms with Crippen molar-refractivity contribution < 1.29 is 9.18 Å². The lowest BCUT2D eigenvalue weighted by atomic mass is 10.2. The predicted molar refractivity (Wildman–Crippen MR) is 84.0 cm³/mol. The van der Waals surface area contributed by atoms with E-state index in [0.717, 1.165) is 26.2 Å². The summed E-state index contributed by atoms with van der Waals surface area (Å²) in [7, 11) is 1.91. The van der Waals surface area contributed by atoms with Gasteiger partial charge in [-0.05, 0) is 13.1 Å². The monoisotopic (exact) mass is 315 g/mol. The van der Waals surface area contributed by atoms with Gasteiger partial charge in [0.25, 0.3) is 0 Å². The Labute approximate surface area is 131 Å². The number of nitrogens with zero attached hydrogens (tertiary/aromatic N) is 2. The van der Waals surface area contributed by atoms with Crippen molar-refractivity contribution >= 4 is 18.3 Å². The number of nitrogens with one attached hydrogen (secondary N) is 1. The largest absolute Gasteiger partial charge is 0.340 e. The molecule has 1 fully saturated rings. The van der Waals surface area contributed by atoms with Gasteiger partial charge in [0, 0.05) is 51.3 Å². The predicted octanol–water partition coefficient (Wildman–Crippen LogP) is 1.50. The Kier molecular flexibility index (Phi) is 7.64. The third-order valence-electron chi connectivity index (χ3n) is 3.58. The Morgan fingerprint density at radius 3 is 2.67 bits per heavy atom. The van der Waals surface area contributed by atoms with Gasteiger partial charge in [-0.3, -0.25) is 4.79 Å². The van der Waals surface area contributed by atoms with E-state index in [2.05, 4.69) is 5.32 Å². The van der Waals surface area contributed by atoms with Crippen LogP contribution >= 0.6 is 12.4 Å². The second-order valence-electron chi connectivity index (χ2n) is 5.21. The van der Waals surface area contributed by atoms with Gasteiger partial charge in [-0.25, -0.2) is 4.39 Å². The maximum Gasteiger partial charge on any atom is 0.223 e. The lowest BCUT2D eigenvalue weighted by Crippen LogP contribution is -2.47. The summed E-state index contributed by atoms with van der Waals surface area (Å²) < 4.78 is 13.5. The first-order valence-electron chi connectivity index (χ1n) is 7.07. The van der Waals surface area contributed by atoms with E-state index in [-0.39, 0.29) is 24.1 Å². The van der Waals surface area contributed by atoms with Crippen LogP contribution in [-0.4, -0.2) is 55.5 Å². The number of carbonyl (C=O) groups is 1. The number of halogens is 2. The van der Waals surface area contributed by atoms with Crippen LogP contribution in [0.25, 0.3) is 0 Å². The highest BCUT2D eigenvalue weighted by Crippen LogP contribution is 2.09. The molecule has 0 atom stereocenters. The zero-order chi connectivity index (χ0) is 14.4. The van der Waals surface area contributed by atoms with Crippen LogP contribution in [0.5, 0.6) is 0 Å². The standard InChI is InChI=1S/C15H22FN3O.ClH/c1-18(12-13-4-2-3-5-14(13)16)9-6-15(20)19-10-7-17-8-11-19;/h2-5,17H,6-12H2,1H3;1H. The highest BCUT2D eigenvalue weighted by atomic mass is 35.5. The van der Waals surface area contributed by atoms with Crippen molar-refractivity contribution in [2.24, 2.45) is 0 Å². The number of benzene rings is 1. The van der Waals surface area contributed by atoms with E-state index in [9.17, 15) is 9.18 Å². The van der Waals surface area contributed by atoms with E-state index in [1.54, 1.807) is 12.1 Å². The first-order chi connectivity index (χ1) is 9.66. The molecule has 2 rings (SSSR count). The fraction of sp³-hybridized carbons (Fsp3) is 0.533. The SMILES string of the molecule is CN(CCC(=O)N1CCNCC1)Cc1ccccc1F.Cl. The van der Waals surface area contributed by atoms with Crippen molar-refractivity contribution in [1.29, 1.82) is 0 Å². The molecule has 1 N–H and O–H groups in total. The summed E-state index contributed by atoms with van der Waals surface area (Å²) in [5.74, 6) is -0.000310. The Morgan fingerprint density at radius 1 is 1.33 bits per heavy atom. The molecule has 1 aromatic rings. The van der Waals surface area contributed by atoms with Crippen molar-refractivity contribution in [3.63, 3.8) is 0 Å². The van der Waals surface area contributed by atoms with Gasteiger partial charge in [0.05, 0.1) is 0 Å². The van der Waals surface area contributed by atoms with Gasteiger partial charge in [0.1, 0.15) is 5.82 Å². The Hall–Kier alpha value is -1.17. The maximum atomic E-state index is 13.5. The lowest BCUT2D eigenvalue weighted by molar-refractivity contribution is -0.132. The average molecular weight is 316 g/mol. The minimum Gasteiger partial charge on any atom is -0.340 e. The summed E-state index contributed by atoms with van der Waals surface area (Å²) >= 11 is 0. The van der Waals surface area contributed by atoms with Crippen molar-refractivity contribution in [1.82, 2.24) is 15.1 Å². The Morgan fingerprint density at radius 2 is 2.00 bits per heavy atom. The Bertz CT molecular complexity index is 452. The second kappa shape index (κ2) is 8.97. The van der Waals surface area contributed by atoms with Gasteiger partial charge in [-0.15, -0.1) is 12.4 Å². The third-order valence-corrected chi connectivity index (χ3v) is 3.58. The number of hydrogen-bond acceptors (Lipinski definition) is 3. The molecule has 0 saturated carbocycles. The van der Waals surface area contributed by atoms with Gasteiger partial charge in [0.2, 0.25) is 5.91 Å². The number of piperazine rings is 1. The van der Waals surface area contributed by atoms with Gasteiger partial charge < -0.3 is 15.1 Å². The number of rotatable bonds is 5. The summed E-state index contributed by atoms with van der Waals surface area (Å²) in [4.78, 5) is 15.9. The molecule has 21 heavy (non-hydrogen) atoms. The molecule has 1 aliphatic rings. The minimum absolute atomic E-state index is 0. The van der Waals surface area contributed by atoms with Crippen LogP contribution in [0, 0.1) is 5.82 Å². The summed E-state index contributed by atoms with van der Waals surface area (Å²) in [5.41, 5.74) is 0.671. The van der Waals surface area contributed by atoms with Crippen LogP contribution in [0.15, 0.2) is 24.3 Å². The molecule has 0 spiro atoms. The zero-order valence-electron chi connectivity index (χ0n) is 12.3. The minimum atomic E-state index is -0.187. The normalized spacial score (nSPS) is 14.9. The molecule has 0 unspecified atom stereocenters. The molecule has 1 amide bonds. The number of amides is 1. The highest BCUT2D eigenvalue weighted by molar-refractivity contribution is 5.85. The fourth-order valence-electron chi connectivity index (χ4n) is 2.36. The van der Waals surface area contributed by atoms with E-state index >= 15 is 0 Å². The van der Waals surface area contributed by atoms with E-state index in [4.69, 9.17) is 0 Å². The van der Waals surface area contributed by atoms with Crippen LogP contribution in [0.4, 0.5) is 4.39 Å². The molecule has 1 saturated heterocycles. The first-order valence-corrected chi connectivity index (χ1v) is 7.07. The maximum absolute atomic E-state index is 13.5. The van der Waals surface area contributed by atoms with Gasteiger partial charge in [-0.2, -0.15) is 0 Å². The molecule has 1 heterocycles. The van der Waals surface area contributed by atoms with E-state index in [1.165, 1.54) is 6.07 Å². The fourth-order valence-corrected chi connectivity index (χ4v) is 2.36. The van der Waals surface area contributed by atoms with Crippen molar-refractivity contribution in [3.05, 3.63) is 35.6 Å². The van der Waals surface area contributed by atoms with Crippen molar-refractivity contribution in [2.45, 2.75) is 13.0 Å². The van der Waals surface area contributed by atoms with Gasteiger partial charge >= 0.3 is 0 Å². The second-order valence-corrected chi connectivity index (χ2v) is 5.21. The molecule has 1 aromatic carbocycles. The van der Waals surface area contributed by atoms with Crippen LogP contribution in [0.1, 0.15) is 12.0 Å². The summed E-state index contributed by atoms with van der Waals surface area (Å²) in [6, 6.07) is 6.77. The van der Waals surface area contributed by atoms with E-state index < -0.39 is 0 Å².